The van der Waals surface area contributed by atoms with Crippen LogP contribution in [0, 0.1) is 0 Å². The number of halogens is 3. The molecule has 3 heterocycles. The first-order valence-corrected chi connectivity index (χ1v) is 14.3. The molecule has 2 saturated heterocycles. The predicted molar refractivity (Wildman–Crippen MR) is 153 cm³/mol. The highest BCUT2D eigenvalue weighted by molar-refractivity contribution is 6.34. The van der Waals surface area contributed by atoms with Gasteiger partial charge in [0.05, 0.1) is 17.1 Å². The third-order valence-electron chi connectivity index (χ3n) is 7.99. The average molecular weight is 585 g/mol. The van der Waals surface area contributed by atoms with Gasteiger partial charge in [-0.15, -0.1) is 0 Å². The fourth-order valence-corrected chi connectivity index (χ4v) is 6.77. The molecular weight excluding hydrogens is 557 g/mol. The molecule has 3 atom stereocenters. The summed E-state index contributed by atoms with van der Waals surface area (Å²) in [4.78, 5) is 28.6. The lowest BCUT2D eigenvalue weighted by molar-refractivity contribution is -0.121. The molecule has 3 aromatic carbocycles. The molecule has 6 rings (SSSR count). The highest BCUT2D eigenvalue weighted by Gasteiger charge is 2.41. The van der Waals surface area contributed by atoms with Crippen LogP contribution in [-0.2, 0) is 17.8 Å². The summed E-state index contributed by atoms with van der Waals surface area (Å²) in [5, 5.41) is 7.55. The van der Waals surface area contributed by atoms with Gasteiger partial charge in [-0.2, -0.15) is 0 Å². The summed E-state index contributed by atoms with van der Waals surface area (Å²) in [6.45, 7) is 0.772. The van der Waals surface area contributed by atoms with Crippen LogP contribution in [0.3, 0.4) is 0 Å². The van der Waals surface area contributed by atoms with E-state index in [0.717, 1.165) is 42.8 Å². The van der Waals surface area contributed by atoms with Gasteiger partial charge >= 0.3 is 0 Å². The molecule has 3 aromatic rings. The number of piperidine rings is 1. The highest BCUT2D eigenvalue weighted by atomic mass is 35.5. The van der Waals surface area contributed by atoms with E-state index in [1.165, 1.54) is 5.56 Å². The first-order chi connectivity index (χ1) is 18.8. The molecule has 3 aliphatic heterocycles. The zero-order valence-corrected chi connectivity index (χ0v) is 23.5. The molecule has 39 heavy (non-hydrogen) atoms. The minimum absolute atomic E-state index is 0.0936. The molecule has 3 aliphatic rings. The number of carbonyl (C=O) groups is 2. The van der Waals surface area contributed by atoms with E-state index in [4.69, 9.17) is 39.5 Å². The Morgan fingerprint density at radius 1 is 0.897 bits per heavy atom. The van der Waals surface area contributed by atoms with Crippen molar-refractivity contribution in [3.63, 3.8) is 0 Å². The third kappa shape index (κ3) is 5.62. The van der Waals surface area contributed by atoms with E-state index in [0.29, 0.717) is 51.2 Å². The molecule has 0 radical (unpaired) electrons. The van der Waals surface area contributed by atoms with Crippen molar-refractivity contribution in [2.24, 2.45) is 0 Å². The monoisotopic (exact) mass is 583 g/mol. The normalized spacial score (nSPS) is 21.5. The maximum atomic E-state index is 13.2. The van der Waals surface area contributed by atoms with Crippen molar-refractivity contribution in [3.8, 4) is 11.5 Å². The molecule has 9 heteroatoms. The average Bonchev–Trinajstić information content (AvgIpc) is 3.14. The molecular formula is C30H28Cl3N3O3. The van der Waals surface area contributed by atoms with Crippen LogP contribution >= 0.6 is 34.8 Å². The summed E-state index contributed by atoms with van der Waals surface area (Å²) < 4.78 is 6.00. The molecule has 2 fully saturated rings. The summed E-state index contributed by atoms with van der Waals surface area (Å²) in [5.74, 6) is 0.671. The van der Waals surface area contributed by atoms with Gasteiger partial charge in [0.1, 0.15) is 11.5 Å². The van der Waals surface area contributed by atoms with E-state index in [1.807, 2.05) is 24.3 Å². The number of fused-ring (bicyclic) bond motifs is 4. The van der Waals surface area contributed by atoms with Gasteiger partial charge in [-0.3, -0.25) is 14.5 Å². The summed E-state index contributed by atoms with van der Waals surface area (Å²) in [6.07, 6.45) is 4.53. The van der Waals surface area contributed by atoms with Gasteiger partial charge in [0.2, 0.25) is 5.91 Å². The molecule has 0 saturated carbocycles. The number of nitrogens with zero attached hydrogens (tertiary/aromatic N) is 1. The zero-order chi connectivity index (χ0) is 27.1. The van der Waals surface area contributed by atoms with Gasteiger partial charge < -0.3 is 15.4 Å². The first-order valence-electron chi connectivity index (χ1n) is 13.2. The quantitative estimate of drug-likeness (QED) is 0.276. The van der Waals surface area contributed by atoms with Crippen molar-refractivity contribution >= 4 is 46.6 Å². The Morgan fingerprint density at radius 2 is 1.59 bits per heavy atom. The third-order valence-corrected chi connectivity index (χ3v) is 8.80. The molecule has 1 unspecified atom stereocenters. The highest BCUT2D eigenvalue weighted by Crippen LogP contribution is 2.41. The number of benzene rings is 3. The molecule has 2 N–H and O–H groups in total. The Kier molecular flexibility index (Phi) is 7.47. The number of hydrogen-bond acceptors (Lipinski definition) is 4. The van der Waals surface area contributed by atoms with Crippen molar-refractivity contribution in [3.05, 3.63) is 91.9 Å². The van der Waals surface area contributed by atoms with Crippen LogP contribution in [0.5, 0.6) is 11.5 Å². The lowest BCUT2D eigenvalue weighted by Gasteiger charge is -2.39. The van der Waals surface area contributed by atoms with Crippen molar-refractivity contribution in [1.82, 2.24) is 15.5 Å². The van der Waals surface area contributed by atoms with Gasteiger partial charge in [-0.1, -0.05) is 46.9 Å². The summed E-state index contributed by atoms with van der Waals surface area (Å²) in [7, 11) is 0. The topological polar surface area (TPSA) is 70.7 Å². The number of amides is 2. The Bertz CT molecular complexity index is 1410. The number of rotatable bonds is 6. The second kappa shape index (κ2) is 11.0. The number of nitrogens with one attached hydrogen (secondary N) is 2. The van der Waals surface area contributed by atoms with Gasteiger partial charge in [0, 0.05) is 52.3 Å². The Balaban J connectivity index is 1.05. The molecule has 0 aliphatic carbocycles. The maximum absolute atomic E-state index is 13.2. The van der Waals surface area contributed by atoms with Crippen LogP contribution in [0.2, 0.25) is 15.1 Å². The van der Waals surface area contributed by atoms with E-state index in [9.17, 15) is 9.59 Å². The number of ether oxygens (including phenoxy) is 1. The summed E-state index contributed by atoms with van der Waals surface area (Å²) >= 11 is 18.6. The van der Waals surface area contributed by atoms with Crippen molar-refractivity contribution in [1.29, 1.82) is 0 Å². The Labute approximate surface area is 242 Å². The molecule has 0 spiro atoms. The fraction of sp³-hybridized carbons (Fsp3) is 0.333. The van der Waals surface area contributed by atoms with Gasteiger partial charge in [0.25, 0.3) is 5.91 Å². The van der Waals surface area contributed by atoms with Crippen molar-refractivity contribution in [2.45, 2.75) is 56.8 Å². The van der Waals surface area contributed by atoms with Crippen LogP contribution < -0.4 is 15.4 Å². The largest absolute Gasteiger partial charge is 0.457 e. The van der Waals surface area contributed by atoms with Crippen molar-refractivity contribution < 1.29 is 14.3 Å². The minimum Gasteiger partial charge on any atom is -0.457 e. The van der Waals surface area contributed by atoms with Crippen LogP contribution in [-0.4, -0.2) is 41.4 Å². The van der Waals surface area contributed by atoms with E-state index < -0.39 is 5.91 Å². The molecule has 0 aromatic heterocycles. The van der Waals surface area contributed by atoms with Crippen LogP contribution in [0.4, 0.5) is 0 Å². The van der Waals surface area contributed by atoms with Crippen LogP contribution in [0.1, 0.15) is 52.7 Å². The lowest BCUT2D eigenvalue weighted by Crippen LogP contribution is -2.51. The molecule has 2 bridgehead atoms. The van der Waals surface area contributed by atoms with Crippen LogP contribution in [0.25, 0.3) is 0 Å². The molecule has 202 valence electrons. The predicted octanol–water partition coefficient (Wildman–Crippen LogP) is 6.38. The Morgan fingerprint density at radius 3 is 2.33 bits per heavy atom. The fourth-order valence-electron chi connectivity index (χ4n) is 6.19. The van der Waals surface area contributed by atoms with Gasteiger partial charge in [-0.05, 0) is 73.7 Å². The van der Waals surface area contributed by atoms with E-state index >= 15 is 0 Å². The van der Waals surface area contributed by atoms with Crippen LogP contribution in [0.15, 0.2) is 54.6 Å². The zero-order valence-electron chi connectivity index (χ0n) is 21.2. The summed E-state index contributed by atoms with van der Waals surface area (Å²) in [6, 6.07) is 17.8. The smallest absolute Gasteiger partial charge is 0.253 e. The Hall–Kier alpha value is -2.77. The molecule has 6 nitrogen and oxygen atoms in total. The standard InChI is InChI=1S/C30H28Cl3N3O3/c31-19-3-1-17(2-4-19)16-36-22-6-7-23(36)14-21(13-22)35-28(37)15-34-30(38)29-24-12-18-11-20(32)5-9-26(18)39-27(24)10-8-25(29)33/h1-5,8-11,21-23H,6-7,12-16H2,(H,34,38)(H,35,37)/t21?,22-,23+. The molecule has 2 amide bonds. The first kappa shape index (κ1) is 26.5. The number of carbonyl (C=O) groups excluding carboxylic acids is 2. The van der Waals surface area contributed by atoms with Gasteiger partial charge in [-0.25, -0.2) is 0 Å². The van der Waals surface area contributed by atoms with Crippen molar-refractivity contribution in [2.75, 3.05) is 6.54 Å². The minimum atomic E-state index is -0.404. The van der Waals surface area contributed by atoms with E-state index in [2.05, 4.69) is 27.7 Å². The maximum Gasteiger partial charge on any atom is 0.253 e. The SMILES string of the molecule is O=C(CNC(=O)c1c(Cl)ccc2c1Cc1cc(Cl)ccc1O2)NC1C[C@H]2CC[C@@H](C1)N2Cc1ccc(Cl)cc1. The number of hydrogen-bond donors (Lipinski definition) is 2. The second-order valence-corrected chi connectivity index (χ2v) is 11.8. The lowest BCUT2D eigenvalue weighted by atomic mass is 9.95. The van der Waals surface area contributed by atoms with Gasteiger partial charge in [0.15, 0.2) is 0 Å². The summed E-state index contributed by atoms with van der Waals surface area (Å²) in [5.41, 5.74) is 3.13. The second-order valence-electron chi connectivity index (χ2n) is 10.5. The van der Waals surface area contributed by atoms with E-state index in [1.54, 1.807) is 18.2 Å². The van der Waals surface area contributed by atoms with E-state index in [-0.39, 0.29) is 18.5 Å².